The van der Waals surface area contributed by atoms with Gasteiger partial charge in [0.05, 0.1) is 31.6 Å². The van der Waals surface area contributed by atoms with E-state index in [9.17, 15) is 9.59 Å². The first kappa shape index (κ1) is 13.2. The minimum absolute atomic E-state index is 0.0534. The molecule has 0 saturated carbocycles. The van der Waals surface area contributed by atoms with Crippen molar-refractivity contribution in [2.24, 2.45) is 0 Å². The van der Waals surface area contributed by atoms with Crippen LogP contribution in [0.15, 0.2) is 4.42 Å². The standard InChI is InChI=1S/C11H15NO5/c1-6-7(2)17-11(12-6)8(4-9(13)14)5-10(15)16-3/h8H,4-5H2,1-3H3,(H,13,14). The number of nitrogens with zero attached hydrogens (tertiary/aromatic N) is 1. The van der Waals surface area contributed by atoms with E-state index in [0.29, 0.717) is 11.5 Å². The Morgan fingerprint density at radius 3 is 2.47 bits per heavy atom. The fraction of sp³-hybridized carbons (Fsp3) is 0.545. The number of ether oxygens (including phenoxy) is 1. The molecule has 6 heteroatoms. The predicted molar refractivity (Wildman–Crippen MR) is 57.6 cm³/mol. The molecule has 1 atom stereocenters. The third-order valence-electron chi connectivity index (χ3n) is 2.46. The molecule has 1 N–H and O–H groups in total. The fourth-order valence-corrected chi connectivity index (χ4v) is 1.41. The number of carbonyl (C=O) groups excluding carboxylic acids is 1. The molecule has 0 aliphatic carbocycles. The summed E-state index contributed by atoms with van der Waals surface area (Å²) in [6.07, 6.45) is -0.267. The van der Waals surface area contributed by atoms with Crippen LogP contribution in [0.4, 0.5) is 0 Å². The Morgan fingerprint density at radius 1 is 1.41 bits per heavy atom. The van der Waals surface area contributed by atoms with E-state index in [2.05, 4.69) is 9.72 Å². The highest BCUT2D eigenvalue weighted by molar-refractivity contribution is 5.73. The van der Waals surface area contributed by atoms with Gasteiger partial charge in [-0.15, -0.1) is 0 Å². The van der Waals surface area contributed by atoms with E-state index in [1.807, 2.05) is 0 Å². The SMILES string of the molecule is COC(=O)CC(CC(=O)O)c1nc(C)c(C)o1. The number of aromatic nitrogens is 1. The molecule has 1 rings (SSSR count). The molecule has 0 amide bonds. The normalized spacial score (nSPS) is 12.2. The van der Waals surface area contributed by atoms with Gasteiger partial charge in [0.1, 0.15) is 5.76 Å². The first-order chi connectivity index (χ1) is 7.93. The molecule has 1 aromatic heterocycles. The van der Waals surface area contributed by atoms with Gasteiger partial charge in [-0.2, -0.15) is 0 Å². The zero-order valence-electron chi connectivity index (χ0n) is 10.0. The fourth-order valence-electron chi connectivity index (χ4n) is 1.41. The third-order valence-corrected chi connectivity index (χ3v) is 2.46. The number of carboxylic acids is 1. The molecule has 0 aromatic carbocycles. The summed E-state index contributed by atoms with van der Waals surface area (Å²) < 4.78 is 9.86. The molecule has 6 nitrogen and oxygen atoms in total. The molecule has 94 valence electrons. The van der Waals surface area contributed by atoms with Gasteiger partial charge in [-0.3, -0.25) is 9.59 Å². The highest BCUT2D eigenvalue weighted by atomic mass is 16.5. The molecule has 0 aliphatic heterocycles. The van der Waals surface area contributed by atoms with Gasteiger partial charge in [0.2, 0.25) is 0 Å². The highest BCUT2D eigenvalue weighted by Gasteiger charge is 2.24. The van der Waals surface area contributed by atoms with Crippen LogP contribution in [0.1, 0.15) is 36.1 Å². The van der Waals surface area contributed by atoms with E-state index in [0.717, 1.165) is 0 Å². The van der Waals surface area contributed by atoms with Crippen molar-refractivity contribution in [1.82, 2.24) is 4.98 Å². The monoisotopic (exact) mass is 241 g/mol. The Balaban J connectivity index is 2.89. The maximum Gasteiger partial charge on any atom is 0.306 e. The first-order valence-electron chi connectivity index (χ1n) is 5.16. The number of carboxylic acid groups (broad SMARTS) is 1. The minimum atomic E-state index is -1.01. The summed E-state index contributed by atoms with van der Waals surface area (Å²) in [6.45, 7) is 3.50. The van der Waals surface area contributed by atoms with Crippen LogP contribution in [0.25, 0.3) is 0 Å². The van der Waals surface area contributed by atoms with Crippen molar-refractivity contribution >= 4 is 11.9 Å². The Bertz CT molecular complexity index is 404. The summed E-state index contributed by atoms with van der Waals surface area (Å²) in [5.41, 5.74) is 0.695. The summed E-state index contributed by atoms with van der Waals surface area (Å²) in [6, 6.07) is 0. The molecule has 0 aliphatic rings. The van der Waals surface area contributed by atoms with Crippen LogP contribution < -0.4 is 0 Å². The topological polar surface area (TPSA) is 89.6 Å². The molecule has 0 radical (unpaired) electrons. The molecule has 0 spiro atoms. The van der Waals surface area contributed by atoms with Gasteiger partial charge in [0.15, 0.2) is 5.89 Å². The van der Waals surface area contributed by atoms with E-state index in [-0.39, 0.29) is 18.7 Å². The molecule has 1 unspecified atom stereocenters. The van der Waals surface area contributed by atoms with Gasteiger partial charge in [0, 0.05) is 0 Å². The Kier molecular flexibility index (Phi) is 4.25. The average molecular weight is 241 g/mol. The van der Waals surface area contributed by atoms with Gasteiger partial charge in [0.25, 0.3) is 0 Å². The molecule has 17 heavy (non-hydrogen) atoms. The summed E-state index contributed by atoms with van der Waals surface area (Å²) in [5.74, 6) is -1.18. The molecular weight excluding hydrogens is 226 g/mol. The van der Waals surface area contributed by atoms with Crippen LogP contribution >= 0.6 is 0 Å². The second-order valence-corrected chi connectivity index (χ2v) is 3.77. The maximum absolute atomic E-state index is 11.2. The van der Waals surface area contributed by atoms with Crippen molar-refractivity contribution in [1.29, 1.82) is 0 Å². The van der Waals surface area contributed by atoms with Gasteiger partial charge < -0.3 is 14.3 Å². The van der Waals surface area contributed by atoms with Gasteiger partial charge >= 0.3 is 11.9 Å². The van der Waals surface area contributed by atoms with E-state index >= 15 is 0 Å². The van der Waals surface area contributed by atoms with Crippen LogP contribution in [0, 0.1) is 13.8 Å². The highest BCUT2D eigenvalue weighted by Crippen LogP contribution is 2.25. The number of rotatable bonds is 5. The molecular formula is C11H15NO5. The maximum atomic E-state index is 11.2. The number of aryl methyl sites for hydroxylation is 2. The first-order valence-corrected chi connectivity index (χ1v) is 5.16. The second-order valence-electron chi connectivity index (χ2n) is 3.77. The number of hydrogen-bond donors (Lipinski definition) is 1. The lowest BCUT2D eigenvalue weighted by molar-refractivity contribution is -0.142. The number of aliphatic carboxylic acids is 1. The molecule has 1 heterocycles. The number of esters is 1. The van der Waals surface area contributed by atoms with Crippen LogP contribution in [0.3, 0.4) is 0 Å². The van der Waals surface area contributed by atoms with E-state index < -0.39 is 17.9 Å². The Morgan fingerprint density at radius 2 is 2.06 bits per heavy atom. The summed E-state index contributed by atoms with van der Waals surface area (Å²) in [4.78, 5) is 26.0. The van der Waals surface area contributed by atoms with Crippen LogP contribution in [0.2, 0.25) is 0 Å². The van der Waals surface area contributed by atoms with Gasteiger partial charge in [-0.1, -0.05) is 0 Å². The van der Waals surface area contributed by atoms with E-state index in [1.165, 1.54) is 7.11 Å². The zero-order valence-corrected chi connectivity index (χ0v) is 10.0. The van der Waals surface area contributed by atoms with Gasteiger partial charge in [-0.25, -0.2) is 4.98 Å². The number of hydrogen-bond acceptors (Lipinski definition) is 5. The van der Waals surface area contributed by atoms with Crippen molar-refractivity contribution < 1.29 is 23.8 Å². The molecule has 1 aromatic rings. The summed E-state index contributed by atoms with van der Waals surface area (Å²) in [5, 5.41) is 8.79. The minimum Gasteiger partial charge on any atom is -0.481 e. The average Bonchev–Trinajstić information content (AvgIpc) is 2.57. The Hall–Kier alpha value is -1.85. The van der Waals surface area contributed by atoms with Crippen LogP contribution in [0.5, 0.6) is 0 Å². The molecule has 0 saturated heterocycles. The lowest BCUT2D eigenvalue weighted by Crippen LogP contribution is -2.13. The van der Waals surface area contributed by atoms with E-state index in [1.54, 1.807) is 13.8 Å². The van der Waals surface area contributed by atoms with Crippen LogP contribution in [-0.4, -0.2) is 29.1 Å². The summed E-state index contributed by atoms with van der Waals surface area (Å²) in [7, 11) is 1.26. The molecule has 0 bridgehead atoms. The third kappa shape index (κ3) is 3.58. The van der Waals surface area contributed by atoms with Crippen LogP contribution in [-0.2, 0) is 14.3 Å². The van der Waals surface area contributed by atoms with Crippen molar-refractivity contribution in [3.8, 4) is 0 Å². The second kappa shape index (κ2) is 5.47. The van der Waals surface area contributed by atoms with E-state index in [4.69, 9.17) is 9.52 Å². The largest absolute Gasteiger partial charge is 0.481 e. The van der Waals surface area contributed by atoms with Crippen molar-refractivity contribution in [3.63, 3.8) is 0 Å². The van der Waals surface area contributed by atoms with Crippen molar-refractivity contribution in [2.75, 3.05) is 7.11 Å². The van der Waals surface area contributed by atoms with Crippen molar-refractivity contribution in [3.05, 3.63) is 17.3 Å². The number of oxazole rings is 1. The lowest BCUT2D eigenvalue weighted by Gasteiger charge is -2.09. The smallest absolute Gasteiger partial charge is 0.306 e. The zero-order chi connectivity index (χ0) is 13.0. The Labute approximate surface area is 98.6 Å². The number of carbonyl (C=O) groups is 2. The molecule has 0 fully saturated rings. The quantitative estimate of drug-likeness (QED) is 0.784. The van der Waals surface area contributed by atoms with Gasteiger partial charge in [-0.05, 0) is 13.8 Å². The summed E-state index contributed by atoms with van der Waals surface area (Å²) >= 11 is 0. The lowest BCUT2D eigenvalue weighted by atomic mass is 10.0. The van der Waals surface area contributed by atoms with Crippen molar-refractivity contribution in [2.45, 2.75) is 32.6 Å². The number of methoxy groups -OCH3 is 1. The predicted octanol–water partition coefficient (Wildman–Crippen LogP) is 1.41.